The summed E-state index contributed by atoms with van der Waals surface area (Å²) in [5.41, 5.74) is -0.979. The molecule has 2 fully saturated rings. The third-order valence-electron chi connectivity index (χ3n) is 3.96. The molecule has 0 aromatic rings. The van der Waals surface area contributed by atoms with Gasteiger partial charge in [-0.3, -0.25) is 0 Å². The number of amides is 2. The summed E-state index contributed by atoms with van der Waals surface area (Å²) in [6.45, 7) is 3.08. The number of carbonyl (C=O) groups is 2. The molecule has 5 nitrogen and oxygen atoms in total. The van der Waals surface area contributed by atoms with Crippen LogP contribution in [0.2, 0.25) is 0 Å². The second-order valence-electron chi connectivity index (χ2n) is 5.07. The first-order valence-electron chi connectivity index (χ1n) is 6.39. The summed E-state index contributed by atoms with van der Waals surface area (Å²) < 4.78 is 0. The number of urea groups is 1. The van der Waals surface area contributed by atoms with E-state index in [1.807, 2.05) is 6.92 Å². The van der Waals surface area contributed by atoms with Crippen molar-refractivity contribution in [1.29, 1.82) is 0 Å². The first kappa shape index (κ1) is 12.2. The maximum absolute atomic E-state index is 12.0. The van der Waals surface area contributed by atoms with Gasteiger partial charge in [-0.1, -0.05) is 6.92 Å². The number of nitrogens with one attached hydrogen (secondary N) is 1. The van der Waals surface area contributed by atoms with E-state index in [1.54, 1.807) is 0 Å². The number of carboxylic acid groups (broad SMARTS) is 1. The van der Waals surface area contributed by atoms with Crippen LogP contribution in [0.5, 0.6) is 0 Å². The van der Waals surface area contributed by atoms with Crippen molar-refractivity contribution in [2.45, 2.75) is 44.6 Å². The molecule has 2 aliphatic rings. The zero-order chi connectivity index (χ0) is 12.5. The van der Waals surface area contributed by atoms with E-state index in [9.17, 15) is 14.7 Å². The third kappa shape index (κ3) is 2.23. The van der Waals surface area contributed by atoms with Crippen LogP contribution in [-0.2, 0) is 4.79 Å². The molecule has 1 aliphatic carbocycles. The molecule has 1 unspecified atom stereocenters. The fourth-order valence-electron chi connectivity index (χ4n) is 2.56. The fourth-order valence-corrected chi connectivity index (χ4v) is 2.56. The summed E-state index contributed by atoms with van der Waals surface area (Å²) in [7, 11) is 0. The summed E-state index contributed by atoms with van der Waals surface area (Å²) >= 11 is 0. The molecule has 2 N–H and O–H groups in total. The van der Waals surface area contributed by atoms with E-state index in [0.29, 0.717) is 31.8 Å². The molecular weight excluding hydrogens is 220 g/mol. The van der Waals surface area contributed by atoms with Gasteiger partial charge in [0.1, 0.15) is 5.54 Å². The summed E-state index contributed by atoms with van der Waals surface area (Å²) in [4.78, 5) is 24.9. The molecule has 5 heteroatoms. The number of rotatable bonds is 4. The van der Waals surface area contributed by atoms with Crippen molar-refractivity contribution in [3.63, 3.8) is 0 Å². The molecule has 1 atom stereocenters. The molecule has 1 saturated carbocycles. The maximum Gasteiger partial charge on any atom is 0.329 e. The molecule has 1 aliphatic heterocycles. The van der Waals surface area contributed by atoms with Gasteiger partial charge in [-0.25, -0.2) is 9.59 Å². The predicted octanol–water partition coefficient (Wildman–Crippen LogP) is 1.44. The fraction of sp³-hybridized carbons (Fsp3) is 0.833. The number of likely N-dealkylation sites (tertiary alicyclic amines) is 1. The number of hydrogen-bond acceptors (Lipinski definition) is 2. The summed E-state index contributed by atoms with van der Waals surface area (Å²) in [5, 5.41) is 12.2. The largest absolute Gasteiger partial charge is 0.479 e. The molecule has 96 valence electrons. The van der Waals surface area contributed by atoms with Crippen molar-refractivity contribution in [1.82, 2.24) is 10.2 Å². The van der Waals surface area contributed by atoms with Gasteiger partial charge < -0.3 is 15.3 Å². The van der Waals surface area contributed by atoms with Crippen LogP contribution in [0.3, 0.4) is 0 Å². The van der Waals surface area contributed by atoms with Gasteiger partial charge in [0.05, 0.1) is 0 Å². The monoisotopic (exact) mass is 240 g/mol. The summed E-state index contributed by atoms with van der Waals surface area (Å²) in [6, 6.07) is -0.210. The molecular formula is C12H20N2O3. The molecule has 1 saturated heterocycles. The van der Waals surface area contributed by atoms with Crippen LogP contribution in [0.25, 0.3) is 0 Å². The topological polar surface area (TPSA) is 69.6 Å². The van der Waals surface area contributed by atoms with E-state index in [0.717, 1.165) is 6.42 Å². The second-order valence-corrected chi connectivity index (χ2v) is 5.07. The van der Waals surface area contributed by atoms with Gasteiger partial charge >= 0.3 is 12.0 Å². The van der Waals surface area contributed by atoms with Crippen molar-refractivity contribution in [2.75, 3.05) is 13.1 Å². The lowest BCUT2D eigenvalue weighted by Crippen LogP contribution is -2.55. The van der Waals surface area contributed by atoms with Gasteiger partial charge in [-0.2, -0.15) is 0 Å². The number of carbonyl (C=O) groups excluding carboxylic acids is 1. The maximum atomic E-state index is 12.0. The number of aliphatic carboxylic acids is 1. The van der Waals surface area contributed by atoms with E-state index in [1.165, 1.54) is 17.7 Å². The van der Waals surface area contributed by atoms with Gasteiger partial charge in [0.25, 0.3) is 0 Å². The average Bonchev–Trinajstić information content (AvgIpc) is 3.02. The Morgan fingerprint density at radius 3 is 2.71 bits per heavy atom. The Morgan fingerprint density at radius 1 is 1.47 bits per heavy atom. The van der Waals surface area contributed by atoms with Gasteiger partial charge in [0.2, 0.25) is 0 Å². The highest BCUT2D eigenvalue weighted by atomic mass is 16.4. The van der Waals surface area contributed by atoms with E-state index in [2.05, 4.69) is 5.32 Å². The minimum atomic E-state index is -0.979. The molecule has 2 rings (SSSR count). The van der Waals surface area contributed by atoms with Crippen LogP contribution in [0.4, 0.5) is 4.79 Å². The highest BCUT2D eigenvalue weighted by molar-refractivity contribution is 5.87. The average molecular weight is 240 g/mol. The lowest BCUT2D eigenvalue weighted by Gasteiger charge is -2.33. The minimum Gasteiger partial charge on any atom is -0.479 e. The zero-order valence-electron chi connectivity index (χ0n) is 10.2. The highest BCUT2D eigenvalue weighted by Crippen LogP contribution is 2.33. The molecule has 17 heavy (non-hydrogen) atoms. The predicted molar refractivity (Wildman–Crippen MR) is 62.7 cm³/mol. The minimum absolute atomic E-state index is 0.210. The number of carboxylic acids is 1. The Bertz CT molecular complexity index is 328. The van der Waals surface area contributed by atoms with Gasteiger partial charge in [0.15, 0.2) is 0 Å². The first-order valence-corrected chi connectivity index (χ1v) is 6.39. The van der Waals surface area contributed by atoms with E-state index >= 15 is 0 Å². The van der Waals surface area contributed by atoms with E-state index in [4.69, 9.17) is 0 Å². The van der Waals surface area contributed by atoms with Gasteiger partial charge in [-0.15, -0.1) is 0 Å². The lowest BCUT2D eigenvalue weighted by atomic mass is 9.93. The van der Waals surface area contributed by atoms with Gasteiger partial charge in [0, 0.05) is 13.1 Å². The van der Waals surface area contributed by atoms with Crippen molar-refractivity contribution < 1.29 is 14.7 Å². The van der Waals surface area contributed by atoms with Crippen molar-refractivity contribution in [2.24, 2.45) is 5.92 Å². The van der Waals surface area contributed by atoms with Crippen LogP contribution in [0.15, 0.2) is 0 Å². The van der Waals surface area contributed by atoms with Crippen LogP contribution >= 0.6 is 0 Å². The lowest BCUT2D eigenvalue weighted by molar-refractivity contribution is -0.148. The Labute approximate surface area is 101 Å². The smallest absolute Gasteiger partial charge is 0.329 e. The second kappa shape index (κ2) is 4.55. The van der Waals surface area contributed by atoms with E-state index < -0.39 is 11.5 Å². The molecule has 0 aromatic heterocycles. The molecule has 0 aromatic carbocycles. The normalized spacial score (nSPS) is 28.2. The Kier molecular flexibility index (Phi) is 3.26. The zero-order valence-corrected chi connectivity index (χ0v) is 10.2. The van der Waals surface area contributed by atoms with Crippen LogP contribution < -0.4 is 5.32 Å². The van der Waals surface area contributed by atoms with Crippen molar-refractivity contribution in [3.05, 3.63) is 0 Å². The molecule has 0 spiro atoms. The Morgan fingerprint density at radius 2 is 2.18 bits per heavy atom. The first-order chi connectivity index (χ1) is 8.10. The third-order valence-corrected chi connectivity index (χ3v) is 3.96. The highest BCUT2D eigenvalue weighted by Gasteiger charge is 2.48. The SMILES string of the molecule is CCC1(C(=O)O)CCCN1C(=O)NCC1CC1. The van der Waals surface area contributed by atoms with Crippen LogP contribution in [0.1, 0.15) is 39.0 Å². The van der Waals surface area contributed by atoms with Crippen LogP contribution in [0, 0.1) is 5.92 Å². The Hall–Kier alpha value is -1.26. The number of hydrogen-bond donors (Lipinski definition) is 2. The molecule has 0 bridgehead atoms. The van der Waals surface area contributed by atoms with Crippen molar-refractivity contribution >= 4 is 12.0 Å². The number of nitrogens with zero attached hydrogens (tertiary/aromatic N) is 1. The summed E-state index contributed by atoms with van der Waals surface area (Å²) in [5.74, 6) is -0.263. The Balaban J connectivity index is 2.01. The summed E-state index contributed by atoms with van der Waals surface area (Å²) in [6.07, 6.45) is 4.17. The standard InChI is InChI=1S/C12H20N2O3/c1-2-12(10(15)16)6-3-7-14(12)11(17)13-8-9-4-5-9/h9H,2-8H2,1H3,(H,13,17)(H,15,16). The van der Waals surface area contributed by atoms with Gasteiger partial charge in [-0.05, 0) is 38.0 Å². The molecule has 0 radical (unpaired) electrons. The quantitative estimate of drug-likeness (QED) is 0.781. The van der Waals surface area contributed by atoms with Crippen molar-refractivity contribution in [3.8, 4) is 0 Å². The van der Waals surface area contributed by atoms with Crippen LogP contribution in [-0.4, -0.2) is 40.6 Å². The van der Waals surface area contributed by atoms with E-state index in [-0.39, 0.29) is 6.03 Å². The molecule has 2 amide bonds. The molecule has 1 heterocycles.